The highest BCUT2D eigenvalue weighted by molar-refractivity contribution is 5.90. The molecule has 0 N–H and O–H groups in total. The van der Waals surface area contributed by atoms with E-state index in [1.54, 1.807) is 30.2 Å². The van der Waals surface area contributed by atoms with E-state index >= 15 is 0 Å². The van der Waals surface area contributed by atoms with Crippen molar-refractivity contribution in [2.24, 2.45) is 7.05 Å². The van der Waals surface area contributed by atoms with E-state index in [2.05, 4.69) is 15.0 Å². The average Bonchev–Trinajstić information content (AvgIpc) is 2.81. The maximum atomic E-state index is 11.9. The Bertz CT molecular complexity index is 595. The molecule has 112 valence electrons. The van der Waals surface area contributed by atoms with Gasteiger partial charge < -0.3 is 4.74 Å². The van der Waals surface area contributed by atoms with Crippen molar-refractivity contribution in [3.63, 3.8) is 0 Å². The third kappa shape index (κ3) is 3.88. The summed E-state index contributed by atoms with van der Waals surface area (Å²) in [7, 11) is 3.83. The van der Waals surface area contributed by atoms with Crippen LogP contribution in [0.3, 0.4) is 0 Å². The second kappa shape index (κ2) is 6.99. The fourth-order valence-electron chi connectivity index (χ4n) is 2.14. The molecule has 2 rings (SSSR count). The van der Waals surface area contributed by atoms with Gasteiger partial charge >= 0.3 is 5.97 Å². The first-order valence-electron chi connectivity index (χ1n) is 6.87. The van der Waals surface area contributed by atoms with Gasteiger partial charge in [-0.05, 0) is 31.7 Å². The van der Waals surface area contributed by atoms with E-state index in [9.17, 15) is 4.79 Å². The van der Waals surface area contributed by atoms with Crippen molar-refractivity contribution >= 4 is 5.97 Å². The molecule has 0 amide bonds. The number of carbonyl (C=O) groups excluding carboxylic acids is 1. The third-order valence-electron chi connectivity index (χ3n) is 3.18. The molecule has 0 bridgehead atoms. The summed E-state index contributed by atoms with van der Waals surface area (Å²) in [5.74, 6) is -0.321. The zero-order valence-corrected chi connectivity index (χ0v) is 12.6. The Labute approximate surface area is 124 Å². The molecule has 0 radical (unpaired) electrons. The van der Waals surface area contributed by atoms with Crippen molar-refractivity contribution < 1.29 is 9.53 Å². The van der Waals surface area contributed by atoms with Crippen LogP contribution in [0.2, 0.25) is 0 Å². The largest absolute Gasteiger partial charge is 0.462 e. The normalized spacial score (nSPS) is 10.9. The lowest BCUT2D eigenvalue weighted by molar-refractivity contribution is 0.0524. The molecule has 0 aliphatic rings. The molecule has 0 aliphatic carbocycles. The molecule has 2 aromatic rings. The van der Waals surface area contributed by atoms with E-state index in [4.69, 9.17) is 4.74 Å². The molecule has 0 unspecified atom stereocenters. The van der Waals surface area contributed by atoms with Crippen LogP contribution in [0.4, 0.5) is 0 Å². The standard InChI is InChI=1S/C15H20N4O2/c1-4-21-15(20)13-9-17-19(3)14(13)11-18(2)10-12-5-7-16-8-6-12/h5-9H,4,10-11H2,1-3H3. The Morgan fingerprint density at radius 1 is 1.33 bits per heavy atom. The van der Waals surface area contributed by atoms with Gasteiger partial charge in [0, 0.05) is 32.5 Å². The molecule has 0 aliphatic heterocycles. The third-order valence-corrected chi connectivity index (χ3v) is 3.18. The molecule has 0 atom stereocenters. The number of carbonyl (C=O) groups is 1. The Morgan fingerprint density at radius 2 is 2.05 bits per heavy atom. The highest BCUT2D eigenvalue weighted by Gasteiger charge is 2.18. The minimum Gasteiger partial charge on any atom is -0.462 e. The molecule has 2 heterocycles. The molecule has 0 saturated carbocycles. The Morgan fingerprint density at radius 3 is 2.71 bits per heavy atom. The summed E-state index contributed by atoms with van der Waals surface area (Å²) >= 11 is 0. The number of aromatic nitrogens is 3. The summed E-state index contributed by atoms with van der Waals surface area (Å²) in [5, 5.41) is 4.16. The summed E-state index contributed by atoms with van der Waals surface area (Å²) in [6, 6.07) is 3.96. The number of nitrogens with zero attached hydrogens (tertiary/aromatic N) is 4. The monoisotopic (exact) mass is 288 g/mol. The van der Waals surface area contributed by atoms with E-state index in [-0.39, 0.29) is 5.97 Å². The van der Waals surface area contributed by atoms with Gasteiger partial charge in [0.2, 0.25) is 0 Å². The zero-order chi connectivity index (χ0) is 15.2. The topological polar surface area (TPSA) is 60.2 Å². The fraction of sp³-hybridized carbons (Fsp3) is 0.400. The van der Waals surface area contributed by atoms with E-state index in [1.807, 2.05) is 26.2 Å². The van der Waals surface area contributed by atoms with Crippen LogP contribution in [0.1, 0.15) is 28.5 Å². The van der Waals surface area contributed by atoms with Crippen LogP contribution in [-0.2, 0) is 24.9 Å². The quantitative estimate of drug-likeness (QED) is 0.756. The number of pyridine rings is 1. The van der Waals surface area contributed by atoms with E-state index < -0.39 is 0 Å². The van der Waals surface area contributed by atoms with Crippen molar-refractivity contribution in [3.05, 3.63) is 47.5 Å². The van der Waals surface area contributed by atoms with Gasteiger partial charge in [0.15, 0.2) is 0 Å². The fourth-order valence-corrected chi connectivity index (χ4v) is 2.14. The second-order valence-electron chi connectivity index (χ2n) is 4.88. The van der Waals surface area contributed by atoms with Gasteiger partial charge in [0.05, 0.1) is 18.5 Å². The molecular weight excluding hydrogens is 268 g/mol. The van der Waals surface area contributed by atoms with E-state index in [1.165, 1.54) is 5.56 Å². The van der Waals surface area contributed by atoms with Crippen LogP contribution in [0.25, 0.3) is 0 Å². The van der Waals surface area contributed by atoms with Crippen molar-refractivity contribution in [2.75, 3.05) is 13.7 Å². The highest BCUT2D eigenvalue weighted by Crippen LogP contribution is 2.13. The summed E-state index contributed by atoms with van der Waals surface area (Å²) in [5.41, 5.74) is 2.55. The van der Waals surface area contributed by atoms with E-state index in [0.717, 1.165) is 12.2 Å². The molecule has 21 heavy (non-hydrogen) atoms. The molecule has 0 fully saturated rings. The van der Waals surface area contributed by atoms with Crippen LogP contribution in [0, 0.1) is 0 Å². The Balaban J connectivity index is 2.08. The maximum absolute atomic E-state index is 11.9. The summed E-state index contributed by atoms with van der Waals surface area (Å²) in [6.07, 6.45) is 5.11. The van der Waals surface area contributed by atoms with Crippen molar-refractivity contribution in [2.45, 2.75) is 20.0 Å². The first-order chi connectivity index (χ1) is 10.1. The Kier molecular flexibility index (Phi) is 5.05. The number of hydrogen-bond acceptors (Lipinski definition) is 5. The van der Waals surface area contributed by atoms with Crippen LogP contribution < -0.4 is 0 Å². The van der Waals surface area contributed by atoms with E-state index in [0.29, 0.717) is 18.7 Å². The van der Waals surface area contributed by atoms with Gasteiger partial charge in [-0.1, -0.05) is 0 Å². The summed E-state index contributed by atoms with van der Waals surface area (Å²) in [6.45, 7) is 3.55. The molecule has 0 aromatic carbocycles. The van der Waals surface area contributed by atoms with Crippen molar-refractivity contribution in [3.8, 4) is 0 Å². The Hall–Kier alpha value is -2.21. The second-order valence-corrected chi connectivity index (χ2v) is 4.88. The van der Waals surface area contributed by atoms with Crippen molar-refractivity contribution in [1.29, 1.82) is 0 Å². The minimum absolute atomic E-state index is 0.321. The lowest BCUT2D eigenvalue weighted by Gasteiger charge is -2.17. The number of ether oxygens (including phenoxy) is 1. The van der Waals surface area contributed by atoms with Gasteiger partial charge in [0.25, 0.3) is 0 Å². The van der Waals surface area contributed by atoms with Gasteiger partial charge in [-0.3, -0.25) is 14.6 Å². The zero-order valence-electron chi connectivity index (χ0n) is 12.6. The van der Waals surface area contributed by atoms with Gasteiger partial charge in [-0.15, -0.1) is 0 Å². The van der Waals surface area contributed by atoms with Crippen LogP contribution in [0.5, 0.6) is 0 Å². The smallest absolute Gasteiger partial charge is 0.341 e. The predicted molar refractivity (Wildman–Crippen MR) is 78.6 cm³/mol. The van der Waals surface area contributed by atoms with Gasteiger partial charge in [-0.25, -0.2) is 4.79 Å². The summed E-state index contributed by atoms with van der Waals surface area (Å²) < 4.78 is 6.78. The molecular formula is C15H20N4O2. The van der Waals surface area contributed by atoms with Crippen LogP contribution >= 0.6 is 0 Å². The number of hydrogen-bond donors (Lipinski definition) is 0. The SMILES string of the molecule is CCOC(=O)c1cnn(C)c1CN(C)Cc1ccncc1. The first kappa shape index (κ1) is 15.2. The molecule has 6 heteroatoms. The average molecular weight is 288 g/mol. The highest BCUT2D eigenvalue weighted by atomic mass is 16.5. The number of aryl methyl sites for hydroxylation is 1. The van der Waals surface area contributed by atoms with Crippen molar-refractivity contribution in [1.82, 2.24) is 19.7 Å². The minimum atomic E-state index is -0.321. The maximum Gasteiger partial charge on any atom is 0.341 e. The summed E-state index contributed by atoms with van der Waals surface area (Å²) in [4.78, 5) is 18.0. The lowest BCUT2D eigenvalue weighted by atomic mass is 10.2. The van der Waals surface area contributed by atoms with Crippen LogP contribution in [-0.4, -0.2) is 39.3 Å². The number of rotatable bonds is 6. The number of esters is 1. The first-order valence-corrected chi connectivity index (χ1v) is 6.87. The lowest BCUT2D eigenvalue weighted by Crippen LogP contribution is -2.21. The molecule has 0 spiro atoms. The van der Waals surface area contributed by atoms with Gasteiger partial charge in [-0.2, -0.15) is 5.10 Å². The van der Waals surface area contributed by atoms with Crippen LogP contribution in [0.15, 0.2) is 30.7 Å². The molecule has 2 aromatic heterocycles. The molecule has 6 nitrogen and oxygen atoms in total. The van der Waals surface area contributed by atoms with Gasteiger partial charge in [0.1, 0.15) is 5.56 Å². The predicted octanol–water partition coefficient (Wildman–Crippen LogP) is 1.62. The molecule has 0 saturated heterocycles.